The molecule has 2 aromatic rings. The average molecular weight is 303 g/mol. The number of hydrogen-bond donors (Lipinski definition) is 1. The summed E-state index contributed by atoms with van der Waals surface area (Å²) in [5.74, 6) is 1.44. The van der Waals surface area contributed by atoms with Crippen molar-refractivity contribution in [2.24, 2.45) is 0 Å². The van der Waals surface area contributed by atoms with Crippen LogP contribution >= 0.6 is 11.6 Å². The highest BCUT2D eigenvalue weighted by Crippen LogP contribution is 2.29. The number of hydrogen-bond acceptors (Lipinski definition) is 4. The van der Waals surface area contributed by atoms with Crippen molar-refractivity contribution in [3.63, 3.8) is 0 Å². The summed E-state index contributed by atoms with van der Waals surface area (Å²) in [4.78, 5) is 0. The SMILES string of the molecule is COc1ccc(CNc2c(Cl)cccc2C#N)c(OC)c1. The smallest absolute Gasteiger partial charge is 0.127 e. The standard InChI is InChI=1S/C16H15ClN2O2/c1-20-13-7-6-12(15(8-13)21-2)10-19-16-11(9-18)4-3-5-14(16)17/h3-8,19H,10H2,1-2H3. The molecule has 0 radical (unpaired) electrons. The van der Waals surface area contributed by atoms with E-state index in [4.69, 9.17) is 26.3 Å². The van der Waals surface area contributed by atoms with Gasteiger partial charge in [0.15, 0.2) is 0 Å². The summed E-state index contributed by atoms with van der Waals surface area (Å²) in [5.41, 5.74) is 2.08. The largest absolute Gasteiger partial charge is 0.497 e. The Hall–Kier alpha value is -2.38. The number of ether oxygens (including phenoxy) is 2. The van der Waals surface area contributed by atoms with Crippen LogP contribution in [-0.4, -0.2) is 14.2 Å². The fraction of sp³-hybridized carbons (Fsp3) is 0.188. The van der Waals surface area contributed by atoms with E-state index >= 15 is 0 Å². The van der Waals surface area contributed by atoms with Gasteiger partial charge in [0, 0.05) is 18.2 Å². The Morgan fingerprint density at radius 1 is 1.19 bits per heavy atom. The number of methoxy groups -OCH3 is 2. The number of para-hydroxylation sites is 1. The Kier molecular flexibility index (Phi) is 4.91. The van der Waals surface area contributed by atoms with Crippen LogP contribution in [0.4, 0.5) is 5.69 Å². The van der Waals surface area contributed by atoms with Crippen LogP contribution in [-0.2, 0) is 6.54 Å². The molecule has 21 heavy (non-hydrogen) atoms. The third-order valence-electron chi connectivity index (χ3n) is 3.08. The molecule has 108 valence electrons. The third-order valence-corrected chi connectivity index (χ3v) is 3.40. The summed E-state index contributed by atoms with van der Waals surface area (Å²) < 4.78 is 10.5. The first-order valence-electron chi connectivity index (χ1n) is 6.33. The van der Waals surface area contributed by atoms with Gasteiger partial charge in [0.1, 0.15) is 17.6 Å². The Bertz CT molecular complexity index is 680. The Labute approximate surface area is 128 Å². The summed E-state index contributed by atoms with van der Waals surface area (Å²) >= 11 is 6.13. The van der Waals surface area contributed by atoms with Crippen molar-refractivity contribution in [1.29, 1.82) is 5.26 Å². The van der Waals surface area contributed by atoms with Crippen LogP contribution in [0.1, 0.15) is 11.1 Å². The molecule has 4 nitrogen and oxygen atoms in total. The van der Waals surface area contributed by atoms with Gasteiger partial charge < -0.3 is 14.8 Å². The van der Waals surface area contributed by atoms with Crippen LogP contribution in [0.5, 0.6) is 11.5 Å². The van der Waals surface area contributed by atoms with Gasteiger partial charge in [-0.15, -0.1) is 0 Å². The van der Waals surface area contributed by atoms with Gasteiger partial charge in [-0.1, -0.05) is 17.7 Å². The van der Waals surface area contributed by atoms with Gasteiger partial charge in [0.2, 0.25) is 0 Å². The Morgan fingerprint density at radius 3 is 2.67 bits per heavy atom. The summed E-state index contributed by atoms with van der Waals surface area (Å²) in [5, 5.41) is 12.8. The number of benzene rings is 2. The molecule has 0 unspecified atom stereocenters. The van der Waals surface area contributed by atoms with E-state index in [0.29, 0.717) is 28.6 Å². The molecule has 0 heterocycles. The topological polar surface area (TPSA) is 54.3 Å². The van der Waals surface area contributed by atoms with Gasteiger partial charge in [0.05, 0.1) is 30.5 Å². The van der Waals surface area contributed by atoms with Crippen LogP contribution < -0.4 is 14.8 Å². The molecule has 0 aliphatic carbocycles. The summed E-state index contributed by atoms with van der Waals surface area (Å²) in [6, 6.07) is 12.9. The molecule has 2 aromatic carbocycles. The van der Waals surface area contributed by atoms with E-state index < -0.39 is 0 Å². The number of nitrogens with one attached hydrogen (secondary N) is 1. The normalized spacial score (nSPS) is 9.81. The first-order valence-corrected chi connectivity index (χ1v) is 6.70. The van der Waals surface area contributed by atoms with E-state index in [2.05, 4.69) is 11.4 Å². The molecule has 0 saturated heterocycles. The van der Waals surface area contributed by atoms with E-state index in [1.807, 2.05) is 18.2 Å². The molecule has 0 aliphatic rings. The molecule has 0 aliphatic heterocycles. The Morgan fingerprint density at radius 2 is 2.00 bits per heavy atom. The monoisotopic (exact) mass is 302 g/mol. The van der Waals surface area contributed by atoms with Gasteiger partial charge >= 0.3 is 0 Å². The van der Waals surface area contributed by atoms with Crippen LogP contribution in [0.2, 0.25) is 5.02 Å². The predicted molar refractivity (Wildman–Crippen MR) is 83.0 cm³/mol. The van der Waals surface area contributed by atoms with Crippen molar-refractivity contribution in [3.05, 3.63) is 52.5 Å². The van der Waals surface area contributed by atoms with Crippen LogP contribution in [0.3, 0.4) is 0 Å². The summed E-state index contributed by atoms with van der Waals surface area (Å²) in [7, 11) is 3.21. The Balaban J connectivity index is 2.23. The van der Waals surface area contributed by atoms with Crippen molar-refractivity contribution >= 4 is 17.3 Å². The first kappa shape index (κ1) is 15.0. The quantitative estimate of drug-likeness (QED) is 0.911. The summed E-state index contributed by atoms with van der Waals surface area (Å²) in [6.07, 6.45) is 0. The summed E-state index contributed by atoms with van der Waals surface area (Å²) in [6.45, 7) is 0.492. The van der Waals surface area contributed by atoms with Gasteiger partial charge in [-0.25, -0.2) is 0 Å². The molecule has 0 atom stereocenters. The van der Waals surface area contributed by atoms with E-state index in [9.17, 15) is 0 Å². The molecule has 0 aromatic heterocycles. The van der Waals surface area contributed by atoms with Crippen molar-refractivity contribution in [2.45, 2.75) is 6.54 Å². The second-order valence-electron chi connectivity index (χ2n) is 4.31. The maximum atomic E-state index is 9.12. The zero-order valence-electron chi connectivity index (χ0n) is 11.8. The van der Waals surface area contributed by atoms with Gasteiger partial charge in [-0.3, -0.25) is 0 Å². The highest BCUT2D eigenvalue weighted by atomic mass is 35.5. The minimum absolute atomic E-state index is 0.492. The van der Waals surface area contributed by atoms with Crippen LogP contribution in [0.15, 0.2) is 36.4 Å². The van der Waals surface area contributed by atoms with Gasteiger partial charge in [0.25, 0.3) is 0 Å². The number of halogens is 1. The zero-order valence-corrected chi connectivity index (χ0v) is 12.6. The predicted octanol–water partition coefficient (Wildman–Crippen LogP) is 3.84. The molecule has 0 saturated carbocycles. The second kappa shape index (κ2) is 6.87. The number of rotatable bonds is 5. The van der Waals surface area contributed by atoms with Gasteiger partial charge in [-0.2, -0.15) is 5.26 Å². The molecule has 0 bridgehead atoms. The molecule has 0 spiro atoms. The van der Waals surface area contributed by atoms with Gasteiger partial charge in [-0.05, 0) is 24.3 Å². The van der Waals surface area contributed by atoms with E-state index in [0.717, 1.165) is 11.3 Å². The molecule has 5 heteroatoms. The van der Waals surface area contributed by atoms with Crippen molar-refractivity contribution in [2.75, 3.05) is 19.5 Å². The van der Waals surface area contributed by atoms with Crippen LogP contribution in [0, 0.1) is 11.3 Å². The number of nitriles is 1. The maximum Gasteiger partial charge on any atom is 0.127 e. The lowest BCUT2D eigenvalue weighted by molar-refractivity contribution is 0.391. The molecular formula is C16H15ClN2O2. The maximum absolute atomic E-state index is 9.12. The minimum Gasteiger partial charge on any atom is -0.497 e. The van der Waals surface area contributed by atoms with Crippen molar-refractivity contribution in [1.82, 2.24) is 0 Å². The highest BCUT2D eigenvalue weighted by molar-refractivity contribution is 6.33. The first-order chi connectivity index (χ1) is 10.2. The van der Waals surface area contributed by atoms with Crippen molar-refractivity contribution < 1.29 is 9.47 Å². The van der Waals surface area contributed by atoms with E-state index in [1.165, 1.54) is 0 Å². The fourth-order valence-electron chi connectivity index (χ4n) is 1.98. The fourth-order valence-corrected chi connectivity index (χ4v) is 2.22. The molecular weight excluding hydrogens is 288 g/mol. The lowest BCUT2D eigenvalue weighted by atomic mass is 10.1. The third kappa shape index (κ3) is 3.39. The highest BCUT2D eigenvalue weighted by Gasteiger charge is 2.09. The zero-order chi connectivity index (χ0) is 15.2. The van der Waals surface area contributed by atoms with E-state index in [1.54, 1.807) is 32.4 Å². The second-order valence-corrected chi connectivity index (χ2v) is 4.71. The molecule has 0 fully saturated rings. The van der Waals surface area contributed by atoms with Crippen molar-refractivity contribution in [3.8, 4) is 17.6 Å². The minimum atomic E-state index is 0.492. The average Bonchev–Trinajstić information content (AvgIpc) is 2.53. The molecule has 0 amide bonds. The number of anilines is 1. The van der Waals surface area contributed by atoms with E-state index in [-0.39, 0.29) is 0 Å². The number of nitrogens with zero attached hydrogens (tertiary/aromatic N) is 1. The van der Waals surface area contributed by atoms with Crippen LogP contribution in [0.25, 0.3) is 0 Å². The molecule has 2 rings (SSSR count). The lowest BCUT2D eigenvalue weighted by Gasteiger charge is -2.13. The molecule has 1 N–H and O–H groups in total. The lowest BCUT2D eigenvalue weighted by Crippen LogP contribution is -2.04.